The van der Waals surface area contributed by atoms with Crippen molar-refractivity contribution in [3.8, 4) is 17.2 Å². The Balaban J connectivity index is 2.02. The van der Waals surface area contributed by atoms with Crippen LogP contribution in [0.3, 0.4) is 0 Å². The van der Waals surface area contributed by atoms with Gasteiger partial charge >= 0.3 is 0 Å². The predicted molar refractivity (Wildman–Crippen MR) is 86.8 cm³/mol. The molecule has 0 saturated carbocycles. The first-order valence-corrected chi connectivity index (χ1v) is 6.99. The summed E-state index contributed by atoms with van der Waals surface area (Å²) in [6.07, 6.45) is 1.39. The number of aryl methyl sites for hydroxylation is 2. The number of benzene rings is 2. The van der Waals surface area contributed by atoms with E-state index in [1.807, 2.05) is 6.92 Å². The molecule has 0 aliphatic heterocycles. The molecule has 6 nitrogen and oxygen atoms in total. The average Bonchev–Trinajstić information content (AvgIpc) is 2.40. The largest absolute Gasteiger partial charge is 0.508 e. The van der Waals surface area contributed by atoms with Crippen LogP contribution in [-0.2, 0) is 11.2 Å². The van der Waals surface area contributed by atoms with E-state index < -0.39 is 0 Å². The van der Waals surface area contributed by atoms with Gasteiger partial charge in [0.2, 0.25) is 5.91 Å². The molecule has 0 bridgehead atoms. The molecule has 0 aliphatic carbocycles. The zero-order chi connectivity index (χ0) is 17.0. The second-order valence-corrected chi connectivity index (χ2v) is 5.34. The van der Waals surface area contributed by atoms with Crippen LogP contribution in [0.15, 0.2) is 35.4 Å². The highest BCUT2D eigenvalue weighted by Gasteiger charge is 2.06. The number of rotatable bonds is 4. The molecule has 1 amide bonds. The molecule has 0 atom stereocenters. The lowest BCUT2D eigenvalue weighted by atomic mass is 10.1. The lowest BCUT2D eigenvalue weighted by molar-refractivity contribution is -0.120. The third kappa shape index (κ3) is 4.47. The highest BCUT2D eigenvalue weighted by molar-refractivity contribution is 5.87. The number of aromatic hydroxyl groups is 3. The first-order chi connectivity index (χ1) is 10.8. The minimum Gasteiger partial charge on any atom is -0.508 e. The van der Waals surface area contributed by atoms with Crippen molar-refractivity contribution in [2.75, 3.05) is 0 Å². The molecule has 0 radical (unpaired) electrons. The van der Waals surface area contributed by atoms with Crippen molar-refractivity contribution in [3.05, 3.63) is 52.6 Å². The van der Waals surface area contributed by atoms with E-state index in [-0.39, 0.29) is 29.6 Å². The maximum absolute atomic E-state index is 11.8. The number of amides is 1. The minimum atomic E-state index is -0.345. The molecule has 0 heterocycles. The minimum absolute atomic E-state index is 0.0413. The van der Waals surface area contributed by atoms with Crippen molar-refractivity contribution < 1.29 is 20.1 Å². The van der Waals surface area contributed by atoms with Crippen molar-refractivity contribution in [1.82, 2.24) is 5.43 Å². The quantitative estimate of drug-likeness (QED) is 0.513. The van der Waals surface area contributed by atoms with Crippen molar-refractivity contribution >= 4 is 12.1 Å². The Labute approximate surface area is 133 Å². The SMILES string of the molecule is Cc1cc(O)cc(CC(=O)N/N=C/c2c(C)cc(O)cc2O)c1. The van der Waals surface area contributed by atoms with Gasteiger partial charge in [-0.3, -0.25) is 4.79 Å². The number of nitrogens with one attached hydrogen (secondary N) is 1. The monoisotopic (exact) mass is 314 g/mol. The van der Waals surface area contributed by atoms with E-state index in [2.05, 4.69) is 10.5 Å². The average molecular weight is 314 g/mol. The van der Waals surface area contributed by atoms with E-state index >= 15 is 0 Å². The molecular weight excluding hydrogens is 296 g/mol. The van der Waals surface area contributed by atoms with Gasteiger partial charge in [-0.1, -0.05) is 6.07 Å². The summed E-state index contributed by atoms with van der Waals surface area (Å²) in [5, 5.41) is 32.4. The van der Waals surface area contributed by atoms with Gasteiger partial charge in [-0.15, -0.1) is 0 Å². The smallest absolute Gasteiger partial charge is 0.244 e. The molecule has 23 heavy (non-hydrogen) atoms. The summed E-state index contributed by atoms with van der Waals surface area (Å²) in [5.41, 5.74) is 4.95. The Hall–Kier alpha value is -3.02. The summed E-state index contributed by atoms with van der Waals surface area (Å²) < 4.78 is 0. The third-order valence-corrected chi connectivity index (χ3v) is 3.22. The van der Waals surface area contributed by atoms with Gasteiger partial charge in [0.15, 0.2) is 0 Å². The highest BCUT2D eigenvalue weighted by atomic mass is 16.3. The zero-order valence-electron chi connectivity index (χ0n) is 12.9. The maximum Gasteiger partial charge on any atom is 0.244 e. The number of carbonyl (C=O) groups is 1. The van der Waals surface area contributed by atoms with Crippen molar-refractivity contribution in [2.24, 2.45) is 5.10 Å². The fourth-order valence-electron chi connectivity index (χ4n) is 2.27. The summed E-state index contributed by atoms with van der Waals surface area (Å²) >= 11 is 0. The van der Waals surface area contributed by atoms with Crippen LogP contribution in [0, 0.1) is 13.8 Å². The van der Waals surface area contributed by atoms with Crippen LogP contribution in [0.1, 0.15) is 22.3 Å². The Morgan fingerprint density at radius 2 is 1.78 bits per heavy atom. The first-order valence-electron chi connectivity index (χ1n) is 6.99. The van der Waals surface area contributed by atoms with Gasteiger partial charge in [0.25, 0.3) is 0 Å². The number of carbonyl (C=O) groups excluding carboxylic acids is 1. The Kier molecular flexibility index (Phi) is 4.85. The summed E-state index contributed by atoms with van der Waals surface area (Å²) in [7, 11) is 0. The maximum atomic E-state index is 11.8. The van der Waals surface area contributed by atoms with Gasteiger partial charge in [0.05, 0.1) is 12.6 Å². The Morgan fingerprint density at radius 1 is 1.09 bits per heavy atom. The molecule has 0 aromatic heterocycles. The van der Waals surface area contributed by atoms with Gasteiger partial charge in [-0.05, 0) is 48.7 Å². The normalized spacial score (nSPS) is 10.9. The van der Waals surface area contributed by atoms with E-state index in [1.165, 1.54) is 24.4 Å². The molecule has 2 aromatic carbocycles. The van der Waals surface area contributed by atoms with E-state index in [0.29, 0.717) is 16.7 Å². The molecule has 0 saturated heterocycles. The topological polar surface area (TPSA) is 102 Å². The van der Waals surface area contributed by atoms with Gasteiger partial charge in [-0.25, -0.2) is 5.43 Å². The van der Waals surface area contributed by atoms with Gasteiger partial charge < -0.3 is 15.3 Å². The Bertz CT molecular complexity index is 726. The van der Waals surface area contributed by atoms with Crippen LogP contribution in [0.5, 0.6) is 17.2 Å². The molecule has 0 spiro atoms. The molecule has 0 unspecified atom stereocenters. The summed E-state index contributed by atoms with van der Waals surface area (Å²) in [4.78, 5) is 11.8. The number of nitrogens with zero attached hydrogens (tertiary/aromatic N) is 1. The molecule has 4 N–H and O–H groups in total. The molecule has 0 fully saturated rings. The van der Waals surface area contributed by atoms with Gasteiger partial charge in [-0.2, -0.15) is 5.10 Å². The van der Waals surface area contributed by atoms with Crippen molar-refractivity contribution in [2.45, 2.75) is 20.3 Å². The second-order valence-electron chi connectivity index (χ2n) is 5.34. The predicted octanol–water partition coefficient (Wildman–Crippen LogP) is 2.11. The molecule has 2 rings (SSSR count). The molecule has 6 heteroatoms. The molecule has 0 aliphatic rings. The van der Waals surface area contributed by atoms with Crippen LogP contribution in [-0.4, -0.2) is 27.4 Å². The first kappa shape index (κ1) is 16.4. The van der Waals surface area contributed by atoms with Gasteiger partial charge in [0.1, 0.15) is 17.2 Å². The fraction of sp³-hybridized carbons (Fsp3) is 0.176. The van der Waals surface area contributed by atoms with Crippen LogP contribution < -0.4 is 5.43 Å². The van der Waals surface area contributed by atoms with Crippen LogP contribution >= 0.6 is 0 Å². The summed E-state index contributed by atoms with van der Waals surface area (Å²) in [6, 6.07) is 7.62. The van der Waals surface area contributed by atoms with Crippen LogP contribution in [0.4, 0.5) is 0 Å². The van der Waals surface area contributed by atoms with E-state index in [1.54, 1.807) is 19.1 Å². The number of hydrogen-bond donors (Lipinski definition) is 4. The van der Waals surface area contributed by atoms with E-state index in [0.717, 1.165) is 5.56 Å². The third-order valence-electron chi connectivity index (χ3n) is 3.22. The highest BCUT2D eigenvalue weighted by Crippen LogP contribution is 2.25. The summed E-state index contributed by atoms with van der Waals surface area (Å²) in [6.45, 7) is 3.54. The molecular formula is C17H18N2O4. The summed E-state index contributed by atoms with van der Waals surface area (Å²) in [5.74, 6) is -0.396. The standard InChI is InChI=1S/C17H18N2O4/c1-10-3-12(6-13(20)4-10)7-17(23)19-18-9-15-11(2)5-14(21)8-16(15)22/h3-6,8-9,20-22H,7H2,1-2H3,(H,19,23)/b18-9+. The zero-order valence-corrected chi connectivity index (χ0v) is 12.9. The number of phenolic OH excluding ortho intramolecular Hbond substituents is 3. The van der Waals surface area contributed by atoms with Crippen LogP contribution in [0.2, 0.25) is 0 Å². The molecule has 120 valence electrons. The number of hydrazone groups is 1. The van der Waals surface area contributed by atoms with E-state index in [9.17, 15) is 20.1 Å². The lowest BCUT2D eigenvalue weighted by Gasteiger charge is -2.05. The van der Waals surface area contributed by atoms with E-state index in [4.69, 9.17) is 0 Å². The van der Waals surface area contributed by atoms with Crippen molar-refractivity contribution in [3.63, 3.8) is 0 Å². The molecule has 2 aromatic rings. The lowest BCUT2D eigenvalue weighted by Crippen LogP contribution is -2.19. The van der Waals surface area contributed by atoms with Crippen molar-refractivity contribution in [1.29, 1.82) is 0 Å². The Morgan fingerprint density at radius 3 is 2.43 bits per heavy atom. The van der Waals surface area contributed by atoms with Gasteiger partial charge in [0, 0.05) is 11.6 Å². The number of hydrogen-bond acceptors (Lipinski definition) is 5. The van der Waals surface area contributed by atoms with Crippen LogP contribution in [0.25, 0.3) is 0 Å². The number of phenols is 3. The fourth-order valence-corrected chi connectivity index (χ4v) is 2.27. The second kappa shape index (κ2) is 6.83.